The maximum Gasteiger partial charge on any atom is 0.334 e. The minimum absolute atomic E-state index is 0.139. The van der Waals surface area contributed by atoms with E-state index in [4.69, 9.17) is 23.2 Å². The molecule has 0 bridgehead atoms. The van der Waals surface area contributed by atoms with Crippen molar-refractivity contribution in [1.29, 1.82) is 0 Å². The smallest absolute Gasteiger partial charge is 0.263 e. The summed E-state index contributed by atoms with van der Waals surface area (Å²) in [6.45, 7) is 3.51. The van der Waals surface area contributed by atoms with Gasteiger partial charge in [-0.15, -0.1) is 11.8 Å². The Balaban J connectivity index is 2.00. The van der Waals surface area contributed by atoms with Gasteiger partial charge in [-0.1, -0.05) is 23.2 Å². The molecule has 4 amide bonds. The number of hydrogen-bond donors (Lipinski definition) is 0. The van der Waals surface area contributed by atoms with Crippen molar-refractivity contribution in [3.63, 3.8) is 0 Å². The van der Waals surface area contributed by atoms with Crippen LogP contribution in [0.5, 0.6) is 0 Å². The van der Waals surface area contributed by atoms with Crippen molar-refractivity contribution in [3.8, 4) is 0 Å². The molecular formula is C14H14Cl2N2O3S. The summed E-state index contributed by atoms with van der Waals surface area (Å²) in [5.41, 5.74) is 0. The molecular weight excluding hydrogens is 347 g/mol. The number of thioether (sulfide) groups is 1. The van der Waals surface area contributed by atoms with E-state index in [0.29, 0.717) is 15.8 Å². The summed E-state index contributed by atoms with van der Waals surface area (Å²) in [7, 11) is 0. The Hall–Kier alpha value is -1.24. The topological polar surface area (TPSA) is 57.7 Å². The van der Waals surface area contributed by atoms with Crippen molar-refractivity contribution >= 4 is 52.8 Å². The molecule has 0 radical (unpaired) electrons. The molecule has 0 N–H and O–H groups in total. The van der Waals surface area contributed by atoms with Crippen molar-refractivity contribution in [1.82, 2.24) is 9.80 Å². The SMILES string of the molecule is CC(C)N1C(=O)C(=O)N(CCSc2cc(Cl)ccc2Cl)C1=O. The van der Waals surface area contributed by atoms with Crippen LogP contribution < -0.4 is 0 Å². The van der Waals surface area contributed by atoms with Crippen LogP contribution in [0.3, 0.4) is 0 Å². The zero-order valence-electron chi connectivity index (χ0n) is 12.0. The monoisotopic (exact) mass is 360 g/mol. The Morgan fingerprint density at radius 1 is 1.14 bits per heavy atom. The fourth-order valence-electron chi connectivity index (χ4n) is 2.01. The van der Waals surface area contributed by atoms with Gasteiger partial charge < -0.3 is 0 Å². The molecule has 0 aliphatic carbocycles. The Bertz CT molecular complexity index is 637. The Morgan fingerprint density at radius 3 is 2.41 bits per heavy atom. The molecule has 2 rings (SSSR count). The maximum atomic E-state index is 12.1. The Morgan fingerprint density at radius 2 is 1.82 bits per heavy atom. The van der Waals surface area contributed by atoms with Crippen LogP contribution in [0.25, 0.3) is 0 Å². The molecule has 0 unspecified atom stereocenters. The summed E-state index contributed by atoms with van der Waals surface area (Å²) in [5, 5.41) is 1.11. The third-order valence-electron chi connectivity index (χ3n) is 3.07. The molecule has 1 aliphatic heterocycles. The summed E-state index contributed by atoms with van der Waals surface area (Å²) in [5.74, 6) is -1.13. The minimum atomic E-state index is -0.781. The number of nitrogens with zero attached hydrogens (tertiary/aromatic N) is 2. The van der Waals surface area contributed by atoms with Gasteiger partial charge in [0.05, 0.1) is 5.02 Å². The zero-order valence-corrected chi connectivity index (χ0v) is 14.3. The molecule has 1 fully saturated rings. The summed E-state index contributed by atoms with van der Waals surface area (Å²) in [6.07, 6.45) is 0. The number of benzene rings is 1. The van der Waals surface area contributed by atoms with Crippen molar-refractivity contribution in [2.75, 3.05) is 12.3 Å². The molecule has 1 heterocycles. The lowest BCUT2D eigenvalue weighted by atomic mass is 10.3. The van der Waals surface area contributed by atoms with Crippen LogP contribution in [0.1, 0.15) is 13.8 Å². The van der Waals surface area contributed by atoms with Crippen LogP contribution in [-0.2, 0) is 9.59 Å². The van der Waals surface area contributed by atoms with E-state index in [1.165, 1.54) is 11.8 Å². The lowest BCUT2D eigenvalue weighted by Crippen LogP contribution is -2.38. The molecule has 1 aromatic rings. The van der Waals surface area contributed by atoms with Gasteiger partial charge in [0.25, 0.3) is 0 Å². The highest BCUT2D eigenvalue weighted by Gasteiger charge is 2.45. The number of carbonyl (C=O) groups excluding carboxylic acids is 3. The van der Waals surface area contributed by atoms with E-state index >= 15 is 0 Å². The molecule has 0 spiro atoms. The quantitative estimate of drug-likeness (QED) is 0.459. The van der Waals surface area contributed by atoms with Gasteiger partial charge in [-0.25, -0.2) is 4.79 Å². The van der Waals surface area contributed by atoms with Gasteiger partial charge in [-0.2, -0.15) is 0 Å². The third kappa shape index (κ3) is 3.39. The van der Waals surface area contributed by atoms with Crippen LogP contribution in [0.15, 0.2) is 23.1 Å². The van der Waals surface area contributed by atoms with Crippen molar-refractivity contribution in [2.24, 2.45) is 0 Å². The summed E-state index contributed by atoms with van der Waals surface area (Å²) < 4.78 is 0. The van der Waals surface area contributed by atoms with E-state index in [-0.39, 0.29) is 12.6 Å². The fourth-order valence-corrected chi connectivity index (χ4v) is 3.44. The molecule has 0 atom stereocenters. The summed E-state index contributed by atoms with van der Waals surface area (Å²) in [6, 6.07) is 4.17. The summed E-state index contributed by atoms with van der Waals surface area (Å²) >= 11 is 13.3. The van der Waals surface area contributed by atoms with Gasteiger partial charge in [0.2, 0.25) is 0 Å². The van der Waals surface area contributed by atoms with Gasteiger partial charge in [-0.3, -0.25) is 19.4 Å². The highest BCUT2D eigenvalue weighted by atomic mass is 35.5. The fraction of sp³-hybridized carbons (Fsp3) is 0.357. The van der Waals surface area contributed by atoms with Gasteiger partial charge in [0.1, 0.15) is 0 Å². The molecule has 0 aromatic heterocycles. The minimum Gasteiger partial charge on any atom is -0.263 e. The molecule has 8 heteroatoms. The number of rotatable bonds is 5. The molecule has 22 heavy (non-hydrogen) atoms. The first-order valence-electron chi connectivity index (χ1n) is 6.59. The van der Waals surface area contributed by atoms with E-state index in [9.17, 15) is 14.4 Å². The van der Waals surface area contributed by atoms with Gasteiger partial charge in [-0.05, 0) is 32.0 Å². The second-order valence-corrected chi connectivity index (χ2v) is 6.91. The van der Waals surface area contributed by atoms with Crippen molar-refractivity contribution < 1.29 is 14.4 Å². The average molecular weight is 361 g/mol. The maximum absolute atomic E-state index is 12.1. The first-order chi connectivity index (χ1) is 10.3. The normalized spacial score (nSPS) is 15.4. The predicted molar refractivity (Wildman–Crippen MR) is 86.3 cm³/mol. The number of imide groups is 2. The van der Waals surface area contributed by atoms with Gasteiger partial charge in [0.15, 0.2) is 0 Å². The molecule has 1 aliphatic rings. The van der Waals surface area contributed by atoms with E-state index < -0.39 is 17.8 Å². The second-order valence-electron chi connectivity index (χ2n) is 4.93. The number of halogens is 2. The highest BCUT2D eigenvalue weighted by molar-refractivity contribution is 7.99. The summed E-state index contributed by atoms with van der Waals surface area (Å²) in [4.78, 5) is 38.4. The zero-order chi connectivity index (χ0) is 16.4. The number of urea groups is 1. The lowest BCUT2D eigenvalue weighted by molar-refractivity contribution is -0.143. The van der Waals surface area contributed by atoms with E-state index in [2.05, 4.69) is 0 Å². The molecule has 0 saturated carbocycles. The van der Waals surface area contributed by atoms with E-state index in [0.717, 1.165) is 14.7 Å². The van der Waals surface area contributed by atoms with Crippen LogP contribution >= 0.6 is 35.0 Å². The average Bonchev–Trinajstić information content (AvgIpc) is 2.66. The number of hydrogen-bond acceptors (Lipinski definition) is 4. The Labute approximate surface area is 142 Å². The number of carbonyl (C=O) groups is 3. The molecule has 1 saturated heterocycles. The Kier molecular flexibility index (Phi) is 5.36. The molecule has 5 nitrogen and oxygen atoms in total. The first-order valence-corrected chi connectivity index (χ1v) is 8.34. The predicted octanol–water partition coefficient (Wildman–Crippen LogP) is 3.28. The third-order valence-corrected chi connectivity index (χ3v) is 4.78. The highest BCUT2D eigenvalue weighted by Crippen LogP contribution is 2.30. The van der Waals surface area contributed by atoms with Crippen molar-refractivity contribution in [2.45, 2.75) is 24.8 Å². The van der Waals surface area contributed by atoms with Crippen LogP contribution in [0.2, 0.25) is 10.0 Å². The van der Waals surface area contributed by atoms with E-state index in [1.54, 1.807) is 32.0 Å². The van der Waals surface area contributed by atoms with Crippen LogP contribution in [0, 0.1) is 0 Å². The van der Waals surface area contributed by atoms with Crippen LogP contribution in [0.4, 0.5) is 4.79 Å². The van der Waals surface area contributed by atoms with Crippen LogP contribution in [-0.4, -0.2) is 46.0 Å². The first kappa shape index (κ1) is 17.1. The van der Waals surface area contributed by atoms with E-state index in [1.807, 2.05) is 0 Å². The largest absolute Gasteiger partial charge is 0.334 e. The van der Waals surface area contributed by atoms with Gasteiger partial charge in [0, 0.05) is 28.3 Å². The molecule has 1 aromatic carbocycles. The van der Waals surface area contributed by atoms with Crippen molar-refractivity contribution in [3.05, 3.63) is 28.2 Å². The van der Waals surface area contributed by atoms with Gasteiger partial charge >= 0.3 is 17.8 Å². The number of amides is 4. The molecule has 118 valence electrons. The second kappa shape index (κ2) is 6.89. The standard InChI is InChI=1S/C14H14Cl2N2O3S/c1-8(2)18-13(20)12(19)17(14(18)21)5-6-22-11-7-9(15)3-4-10(11)16/h3-4,7-8H,5-6H2,1-2H3. The lowest BCUT2D eigenvalue weighted by Gasteiger charge is -2.18.